The van der Waals surface area contributed by atoms with E-state index < -0.39 is 5.97 Å². The number of halogens is 1. The predicted molar refractivity (Wildman–Crippen MR) is 123 cm³/mol. The summed E-state index contributed by atoms with van der Waals surface area (Å²) in [5.74, 6) is -0.141. The van der Waals surface area contributed by atoms with Crippen LogP contribution in [-0.2, 0) is 13.0 Å². The summed E-state index contributed by atoms with van der Waals surface area (Å²) in [7, 11) is 0. The maximum absolute atomic E-state index is 13.5. The summed E-state index contributed by atoms with van der Waals surface area (Å²) in [5, 5.41) is 18.8. The van der Waals surface area contributed by atoms with Gasteiger partial charge < -0.3 is 5.11 Å². The Bertz CT molecular complexity index is 1390. The van der Waals surface area contributed by atoms with Gasteiger partial charge in [0.1, 0.15) is 17.7 Å². The van der Waals surface area contributed by atoms with Crippen LogP contribution >= 0.6 is 0 Å². The highest BCUT2D eigenvalue weighted by Crippen LogP contribution is 2.33. The Balaban J connectivity index is 1.52. The first-order chi connectivity index (χ1) is 16.3. The van der Waals surface area contributed by atoms with Crippen LogP contribution in [0.1, 0.15) is 51.5 Å². The molecule has 1 N–H and O–H groups in total. The van der Waals surface area contributed by atoms with Crippen LogP contribution in [0.4, 0.5) is 4.39 Å². The van der Waals surface area contributed by atoms with E-state index in [9.17, 15) is 14.3 Å². The van der Waals surface area contributed by atoms with Crippen LogP contribution in [0.3, 0.4) is 0 Å². The van der Waals surface area contributed by atoms with Crippen molar-refractivity contribution >= 4 is 5.97 Å². The van der Waals surface area contributed by atoms with E-state index in [0.29, 0.717) is 29.5 Å². The Kier molecular flexibility index (Phi) is 5.47. The maximum atomic E-state index is 13.5. The molecule has 34 heavy (non-hydrogen) atoms. The molecular formula is C25H25FN6O2. The fourth-order valence-electron chi connectivity index (χ4n) is 4.33. The SMILES string of the molecule is Cc1nn(-c2cc(Cc3c(C)c(-c4ccc(F)cc4)nn3CC3CC3)ncn2)c(C)c1C(=O)O. The lowest BCUT2D eigenvalue weighted by molar-refractivity contribution is 0.0695. The van der Waals surface area contributed by atoms with Gasteiger partial charge in [-0.1, -0.05) is 0 Å². The number of carbonyl (C=O) groups is 1. The van der Waals surface area contributed by atoms with E-state index in [-0.39, 0.29) is 11.4 Å². The molecule has 0 amide bonds. The van der Waals surface area contributed by atoms with E-state index in [1.807, 2.05) is 13.0 Å². The molecule has 0 spiro atoms. The smallest absolute Gasteiger partial charge is 0.339 e. The van der Waals surface area contributed by atoms with E-state index in [1.54, 1.807) is 30.7 Å². The summed E-state index contributed by atoms with van der Waals surface area (Å²) >= 11 is 0. The molecule has 0 unspecified atom stereocenters. The molecule has 5 rings (SSSR count). The van der Waals surface area contributed by atoms with Crippen molar-refractivity contribution in [2.75, 3.05) is 0 Å². The normalized spacial score (nSPS) is 13.4. The van der Waals surface area contributed by atoms with Crippen molar-refractivity contribution in [1.29, 1.82) is 0 Å². The summed E-state index contributed by atoms with van der Waals surface area (Å²) in [6.07, 6.45) is 4.41. The minimum absolute atomic E-state index is 0.183. The molecule has 174 valence electrons. The summed E-state index contributed by atoms with van der Waals surface area (Å²) < 4.78 is 17.1. The van der Waals surface area contributed by atoms with Crippen molar-refractivity contribution in [3.63, 3.8) is 0 Å². The highest BCUT2D eigenvalue weighted by Gasteiger charge is 2.26. The van der Waals surface area contributed by atoms with E-state index >= 15 is 0 Å². The molecule has 1 fully saturated rings. The summed E-state index contributed by atoms with van der Waals surface area (Å²) in [6.45, 7) is 6.27. The Hall–Kier alpha value is -3.88. The van der Waals surface area contributed by atoms with Crippen LogP contribution < -0.4 is 0 Å². The third kappa shape index (κ3) is 4.09. The van der Waals surface area contributed by atoms with Gasteiger partial charge in [-0.05, 0) is 69.4 Å². The third-order valence-corrected chi connectivity index (χ3v) is 6.35. The molecule has 0 bridgehead atoms. The van der Waals surface area contributed by atoms with Crippen molar-refractivity contribution in [3.8, 4) is 17.1 Å². The molecule has 1 aliphatic rings. The largest absolute Gasteiger partial charge is 0.478 e. The van der Waals surface area contributed by atoms with E-state index in [2.05, 4.69) is 19.7 Å². The van der Waals surface area contributed by atoms with Gasteiger partial charge >= 0.3 is 5.97 Å². The van der Waals surface area contributed by atoms with E-state index in [0.717, 1.165) is 34.8 Å². The highest BCUT2D eigenvalue weighted by atomic mass is 19.1. The van der Waals surface area contributed by atoms with Crippen molar-refractivity contribution < 1.29 is 14.3 Å². The molecule has 4 aromatic rings. The van der Waals surface area contributed by atoms with Gasteiger partial charge in [-0.25, -0.2) is 23.8 Å². The van der Waals surface area contributed by atoms with Crippen LogP contribution in [0.5, 0.6) is 0 Å². The predicted octanol–water partition coefficient (Wildman–Crippen LogP) is 4.29. The second-order valence-electron chi connectivity index (χ2n) is 8.86. The van der Waals surface area contributed by atoms with Crippen molar-refractivity contribution in [1.82, 2.24) is 29.5 Å². The van der Waals surface area contributed by atoms with Crippen LogP contribution in [0.15, 0.2) is 36.7 Å². The molecule has 3 aromatic heterocycles. The lowest BCUT2D eigenvalue weighted by atomic mass is 10.0. The second kappa shape index (κ2) is 8.48. The Labute approximate surface area is 196 Å². The van der Waals surface area contributed by atoms with Gasteiger partial charge in [0.05, 0.1) is 22.8 Å². The molecule has 1 aromatic carbocycles. The zero-order valence-electron chi connectivity index (χ0n) is 19.3. The molecule has 3 heterocycles. The Morgan fingerprint density at radius 3 is 2.50 bits per heavy atom. The summed E-state index contributed by atoms with van der Waals surface area (Å²) in [4.78, 5) is 20.4. The molecule has 1 saturated carbocycles. The topological polar surface area (TPSA) is 98.7 Å². The Morgan fingerprint density at radius 1 is 1.12 bits per heavy atom. The zero-order valence-corrected chi connectivity index (χ0v) is 19.3. The first-order valence-electron chi connectivity index (χ1n) is 11.2. The highest BCUT2D eigenvalue weighted by molar-refractivity contribution is 5.90. The molecule has 8 nitrogen and oxygen atoms in total. The van der Waals surface area contributed by atoms with E-state index in [1.165, 1.54) is 31.3 Å². The van der Waals surface area contributed by atoms with Crippen LogP contribution in [0.2, 0.25) is 0 Å². The summed E-state index contributed by atoms with van der Waals surface area (Å²) in [6, 6.07) is 8.23. The fourth-order valence-corrected chi connectivity index (χ4v) is 4.33. The van der Waals surface area contributed by atoms with Crippen LogP contribution in [0.25, 0.3) is 17.1 Å². The number of hydrogen-bond donors (Lipinski definition) is 1. The second-order valence-corrected chi connectivity index (χ2v) is 8.86. The van der Waals surface area contributed by atoms with Gasteiger partial charge in [-0.15, -0.1) is 0 Å². The van der Waals surface area contributed by atoms with Crippen molar-refractivity contribution in [2.45, 2.75) is 46.6 Å². The zero-order chi connectivity index (χ0) is 24.0. The number of hydrogen-bond acceptors (Lipinski definition) is 5. The standard InChI is InChI=1S/C25H25FN6O2/c1-14-21(31(12-17-4-5-17)30-24(14)18-6-8-19(26)9-7-18)10-20-11-22(28-13-27-20)32-16(3)23(25(33)34)15(2)29-32/h6-9,11,13,17H,4-5,10,12H2,1-3H3,(H,33,34). The third-order valence-electron chi connectivity index (χ3n) is 6.35. The van der Waals surface area contributed by atoms with E-state index in [4.69, 9.17) is 5.10 Å². The molecule has 0 aliphatic heterocycles. The van der Waals surface area contributed by atoms with Crippen LogP contribution in [0, 0.1) is 32.5 Å². The number of aryl methyl sites for hydroxylation is 1. The van der Waals surface area contributed by atoms with Crippen molar-refractivity contribution in [2.24, 2.45) is 5.92 Å². The maximum Gasteiger partial charge on any atom is 0.339 e. The Morgan fingerprint density at radius 2 is 1.85 bits per heavy atom. The number of aromatic nitrogens is 6. The molecule has 9 heteroatoms. The van der Waals surface area contributed by atoms with Gasteiger partial charge in [0.25, 0.3) is 0 Å². The summed E-state index contributed by atoms with van der Waals surface area (Å²) in [5.41, 5.74) is 5.72. The first-order valence-corrected chi connectivity index (χ1v) is 11.2. The quantitative estimate of drug-likeness (QED) is 0.442. The number of aromatic carboxylic acids is 1. The number of carboxylic acid groups (broad SMARTS) is 1. The van der Waals surface area contributed by atoms with Crippen molar-refractivity contribution in [3.05, 3.63) is 76.4 Å². The van der Waals surface area contributed by atoms with Gasteiger partial charge in [0.15, 0.2) is 5.82 Å². The van der Waals surface area contributed by atoms with Gasteiger partial charge in [0, 0.05) is 30.3 Å². The lowest BCUT2D eigenvalue weighted by Gasteiger charge is -2.09. The average molecular weight is 461 g/mol. The number of carboxylic acids is 1. The molecular weight excluding hydrogens is 435 g/mol. The number of benzene rings is 1. The first kappa shape index (κ1) is 21.9. The van der Waals surface area contributed by atoms with Gasteiger partial charge in [-0.2, -0.15) is 10.2 Å². The van der Waals surface area contributed by atoms with Gasteiger partial charge in [0.2, 0.25) is 0 Å². The minimum atomic E-state index is -1.01. The minimum Gasteiger partial charge on any atom is -0.478 e. The average Bonchev–Trinajstić information content (AvgIpc) is 3.50. The molecule has 0 radical (unpaired) electrons. The lowest BCUT2D eigenvalue weighted by Crippen LogP contribution is -2.10. The van der Waals surface area contributed by atoms with Gasteiger partial charge in [-0.3, -0.25) is 4.68 Å². The molecule has 1 aliphatic carbocycles. The molecule has 0 atom stereocenters. The fraction of sp³-hybridized carbons (Fsp3) is 0.320. The number of nitrogens with zero attached hydrogens (tertiary/aromatic N) is 6. The monoisotopic (exact) mass is 460 g/mol. The molecule has 0 saturated heterocycles. The van der Waals surface area contributed by atoms with Crippen LogP contribution in [-0.4, -0.2) is 40.6 Å². The number of rotatable bonds is 7.